The van der Waals surface area contributed by atoms with E-state index in [-0.39, 0.29) is 13.2 Å². The number of ether oxygens (including phenoxy) is 2. The first kappa shape index (κ1) is 35.9. The third-order valence-electron chi connectivity index (χ3n) is 8.92. The van der Waals surface area contributed by atoms with Crippen molar-refractivity contribution in [2.75, 3.05) is 59.2 Å². The van der Waals surface area contributed by atoms with E-state index in [1.807, 2.05) is 94.8 Å². The Labute approximate surface area is 316 Å². The van der Waals surface area contributed by atoms with Crippen molar-refractivity contribution < 1.29 is 19.7 Å². The van der Waals surface area contributed by atoms with Crippen LogP contribution in [0.2, 0.25) is 0 Å². The summed E-state index contributed by atoms with van der Waals surface area (Å²) in [5.74, 6) is 9.96. The quantitative estimate of drug-likeness (QED) is 0.102. The van der Waals surface area contributed by atoms with Crippen LogP contribution in [0.5, 0.6) is 11.5 Å². The summed E-state index contributed by atoms with van der Waals surface area (Å²) in [7, 11) is 0. The maximum Gasteiger partial charge on any atom is 0.119 e. The van der Waals surface area contributed by atoms with E-state index in [1.54, 1.807) is 0 Å². The van der Waals surface area contributed by atoms with E-state index in [2.05, 4.69) is 72.8 Å². The minimum absolute atomic E-state index is 0.279. The molecule has 0 radical (unpaired) electrons. The summed E-state index contributed by atoms with van der Waals surface area (Å²) in [6, 6.07) is 34.2. The Morgan fingerprint density at radius 1 is 0.571 bits per heavy atom. The summed E-state index contributed by atoms with van der Waals surface area (Å²) in [4.78, 5) is 0. The zero-order valence-electron chi connectivity index (χ0n) is 27.3. The number of aliphatic hydroxyl groups excluding tert-OH is 2. The minimum Gasteiger partial charge on any atom is -0.491 e. The highest BCUT2D eigenvalue weighted by Gasteiger charge is 2.45. The fourth-order valence-electron chi connectivity index (χ4n) is 6.71. The average Bonchev–Trinajstić information content (AvgIpc) is 3.92. The second-order valence-electron chi connectivity index (χ2n) is 12.2. The molecule has 2 heterocycles. The van der Waals surface area contributed by atoms with Crippen LogP contribution in [0.1, 0.15) is 22.3 Å². The standard InChI is InChI=1S/C39H42O4S6/c40-29(23-44-25-37-46-17-18-47-37)21-42-31-13-9-27(10-14-31)39(35-7-3-1-5-33(35)34-6-2-4-8-36(34)39)28-11-15-32(16-12-28)43-22-30(41)24-45-26-38-48-19-20-49-38/h1-16,29-30,37-38,40-41H,17-26H2. The average molecular weight is 767 g/mol. The summed E-state index contributed by atoms with van der Waals surface area (Å²) in [5.41, 5.74) is 6.75. The van der Waals surface area contributed by atoms with Crippen molar-refractivity contribution in [3.05, 3.63) is 119 Å². The van der Waals surface area contributed by atoms with E-state index in [0.29, 0.717) is 20.7 Å². The van der Waals surface area contributed by atoms with Crippen LogP contribution in [0.15, 0.2) is 97.1 Å². The van der Waals surface area contributed by atoms with Crippen molar-refractivity contribution in [3.63, 3.8) is 0 Å². The molecule has 2 fully saturated rings. The first-order chi connectivity index (χ1) is 24.1. The summed E-state index contributed by atoms with van der Waals surface area (Å²) in [6.45, 7) is 0.559. The van der Waals surface area contributed by atoms with Crippen molar-refractivity contribution >= 4 is 70.6 Å². The molecule has 3 aliphatic rings. The Balaban J connectivity index is 1.07. The monoisotopic (exact) mass is 766 g/mol. The van der Waals surface area contributed by atoms with E-state index in [4.69, 9.17) is 9.47 Å². The zero-order chi connectivity index (χ0) is 33.5. The van der Waals surface area contributed by atoms with Gasteiger partial charge in [-0.1, -0.05) is 72.8 Å². The van der Waals surface area contributed by atoms with Gasteiger partial charge in [0.1, 0.15) is 24.7 Å². The van der Waals surface area contributed by atoms with E-state index in [9.17, 15) is 10.2 Å². The smallest absolute Gasteiger partial charge is 0.119 e. The number of fused-ring (bicyclic) bond motifs is 3. The molecule has 2 N–H and O–H groups in total. The van der Waals surface area contributed by atoms with Gasteiger partial charge in [0.2, 0.25) is 0 Å². The van der Waals surface area contributed by atoms with Gasteiger partial charge in [-0.3, -0.25) is 0 Å². The molecule has 7 rings (SSSR count). The molecule has 2 atom stereocenters. The third kappa shape index (κ3) is 8.43. The summed E-state index contributed by atoms with van der Waals surface area (Å²) >= 11 is 11.7. The second-order valence-corrected chi connectivity index (χ2v) is 20.2. The van der Waals surface area contributed by atoms with Crippen LogP contribution in [0.25, 0.3) is 11.1 Å². The maximum absolute atomic E-state index is 10.6. The Hall–Kier alpha value is -1.50. The molecule has 2 saturated heterocycles. The van der Waals surface area contributed by atoms with Gasteiger partial charge >= 0.3 is 0 Å². The van der Waals surface area contributed by atoms with Gasteiger partial charge in [0.25, 0.3) is 0 Å². The lowest BCUT2D eigenvalue weighted by Gasteiger charge is -2.34. The summed E-state index contributed by atoms with van der Waals surface area (Å²) < 4.78 is 13.5. The van der Waals surface area contributed by atoms with Crippen LogP contribution in [0.4, 0.5) is 0 Å². The molecule has 4 aromatic carbocycles. The topological polar surface area (TPSA) is 58.9 Å². The van der Waals surface area contributed by atoms with Crippen LogP contribution in [-0.4, -0.2) is 90.8 Å². The van der Waals surface area contributed by atoms with Gasteiger partial charge in [-0.15, -0.1) is 47.0 Å². The summed E-state index contributed by atoms with van der Waals surface area (Å²) in [5, 5.41) is 21.2. The lowest BCUT2D eigenvalue weighted by Crippen LogP contribution is -2.28. The fourth-order valence-corrected chi connectivity index (χ4v) is 15.3. The van der Waals surface area contributed by atoms with Crippen molar-refractivity contribution in [3.8, 4) is 22.6 Å². The molecule has 1 aliphatic carbocycles. The normalized spacial score (nSPS) is 18.2. The van der Waals surface area contributed by atoms with Crippen molar-refractivity contribution in [1.82, 2.24) is 0 Å². The molecule has 2 unspecified atom stereocenters. The Morgan fingerprint density at radius 3 is 1.37 bits per heavy atom. The lowest BCUT2D eigenvalue weighted by atomic mass is 9.68. The molecule has 49 heavy (non-hydrogen) atoms. The van der Waals surface area contributed by atoms with Crippen LogP contribution in [-0.2, 0) is 5.41 Å². The highest BCUT2D eigenvalue weighted by molar-refractivity contribution is 8.21. The molecular formula is C39H42O4S6. The lowest BCUT2D eigenvalue weighted by molar-refractivity contribution is 0.126. The summed E-state index contributed by atoms with van der Waals surface area (Å²) in [6.07, 6.45) is -1.01. The molecular weight excluding hydrogens is 725 g/mol. The molecule has 0 spiro atoms. The maximum atomic E-state index is 10.6. The van der Waals surface area contributed by atoms with E-state index >= 15 is 0 Å². The van der Waals surface area contributed by atoms with Gasteiger partial charge in [-0.2, -0.15) is 23.5 Å². The number of hydrogen-bond donors (Lipinski definition) is 2. The molecule has 2 aliphatic heterocycles. The Bertz CT molecular complexity index is 1520. The number of aliphatic hydroxyl groups is 2. The zero-order valence-corrected chi connectivity index (χ0v) is 32.2. The Kier molecular flexibility index (Phi) is 12.7. The molecule has 10 heteroatoms. The van der Waals surface area contributed by atoms with Gasteiger partial charge in [-0.25, -0.2) is 0 Å². The minimum atomic E-state index is -0.525. The van der Waals surface area contributed by atoms with E-state index < -0.39 is 17.6 Å². The van der Waals surface area contributed by atoms with Gasteiger partial charge in [-0.05, 0) is 57.6 Å². The number of benzene rings is 4. The first-order valence-electron chi connectivity index (χ1n) is 16.8. The van der Waals surface area contributed by atoms with Crippen LogP contribution < -0.4 is 9.47 Å². The SMILES string of the molecule is OC(COc1ccc(C2(c3ccc(OCC(O)CSCC4SCCS4)cc3)c3ccccc3-c3ccccc32)cc1)CSCC1SCCS1. The molecule has 0 saturated carbocycles. The molecule has 4 nitrogen and oxygen atoms in total. The predicted molar refractivity (Wildman–Crippen MR) is 219 cm³/mol. The molecule has 0 bridgehead atoms. The van der Waals surface area contributed by atoms with Crippen LogP contribution >= 0.6 is 70.6 Å². The third-order valence-corrected chi connectivity index (χ3v) is 18.2. The highest BCUT2D eigenvalue weighted by Crippen LogP contribution is 2.56. The fraction of sp³-hybridized carbons (Fsp3) is 0.385. The van der Waals surface area contributed by atoms with E-state index in [1.165, 1.54) is 45.3 Å². The molecule has 0 aromatic heterocycles. The number of thioether (sulfide) groups is 6. The van der Waals surface area contributed by atoms with Gasteiger partial charge in [0.15, 0.2) is 0 Å². The van der Waals surface area contributed by atoms with Crippen LogP contribution in [0, 0.1) is 0 Å². The first-order valence-corrected chi connectivity index (χ1v) is 23.3. The van der Waals surface area contributed by atoms with Crippen molar-refractivity contribution in [2.24, 2.45) is 0 Å². The molecule has 258 valence electrons. The highest BCUT2D eigenvalue weighted by atomic mass is 32.2. The van der Waals surface area contributed by atoms with Gasteiger partial charge in [0, 0.05) is 46.0 Å². The second kappa shape index (κ2) is 17.3. The van der Waals surface area contributed by atoms with Gasteiger partial charge in [0.05, 0.1) is 26.8 Å². The predicted octanol–water partition coefficient (Wildman–Crippen LogP) is 8.61. The van der Waals surface area contributed by atoms with Gasteiger partial charge < -0.3 is 19.7 Å². The van der Waals surface area contributed by atoms with Crippen molar-refractivity contribution in [2.45, 2.75) is 26.8 Å². The van der Waals surface area contributed by atoms with E-state index in [0.717, 1.165) is 34.1 Å². The van der Waals surface area contributed by atoms with Crippen molar-refractivity contribution in [1.29, 1.82) is 0 Å². The van der Waals surface area contributed by atoms with Crippen LogP contribution in [0.3, 0.4) is 0 Å². The molecule has 4 aromatic rings. The molecule has 0 amide bonds. The Morgan fingerprint density at radius 2 is 0.959 bits per heavy atom. The number of hydrogen-bond acceptors (Lipinski definition) is 10. The largest absolute Gasteiger partial charge is 0.491 e. The number of rotatable bonds is 16.